The number of aromatic nitrogens is 1. The second kappa shape index (κ2) is 3.71. The number of primary amides is 1. The van der Waals surface area contributed by atoms with Crippen molar-refractivity contribution in [2.24, 2.45) is 5.73 Å². The molecule has 0 aliphatic heterocycles. The number of rotatable bonds is 3. The molecule has 0 saturated carbocycles. The largest absolute Gasteiger partial charge is 0.504 e. The number of nitrogens with zero attached hydrogens (tertiary/aromatic N) is 1. The topological polar surface area (TPSA) is 122 Å². The first-order valence-electron chi connectivity index (χ1n) is 4.56. The van der Waals surface area contributed by atoms with Gasteiger partial charge in [-0.2, -0.15) is 0 Å². The van der Waals surface area contributed by atoms with Gasteiger partial charge in [-0.3, -0.25) is 14.4 Å². The second-order valence-corrected chi connectivity index (χ2v) is 3.30. The molecule has 7 heteroatoms. The predicted molar refractivity (Wildman–Crippen MR) is 59.1 cm³/mol. The molecular formula is C10H7N3O4. The summed E-state index contributed by atoms with van der Waals surface area (Å²) in [5.41, 5.74) is 3.51. The average Bonchev–Trinajstić information content (AvgIpc) is 2.30. The summed E-state index contributed by atoms with van der Waals surface area (Å²) < 4.78 is 0. The standard InChI is InChI=1S/C10H7N3O4/c11-10(17)7-9(16)4(1-2-12-7)13-5-3-6(14)8(5)15/h1-3,16H,(H2,11,17)(H,12,13). The van der Waals surface area contributed by atoms with Gasteiger partial charge in [0.2, 0.25) is 10.9 Å². The summed E-state index contributed by atoms with van der Waals surface area (Å²) >= 11 is 0. The number of nitrogens with two attached hydrogens (primary N) is 1. The van der Waals surface area contributed by atoms with Crippen LogP contribution in [0.3, 0.4) is 0 Å². The van der Waals surface area contributed by atoms with E-state index >= 15 is 0 Å². The zero-order valence-corrected chi connectivity index (χ0v) is 8.43. The Balaban J connectivity index is 2.38. The first-order valence-corrected chi connectivity index (χ1v) is 4.56. The Morgan fingerprint density at radius 3 is 2.59 bits per heavy atom. The van der Waals surface area contributed by atoms with Crippen LogP contribution in [-0.2, 0) is 0 Å². The Hall–Kier alpha value is -2.70. The summed E-state index contributed by atoms with van der Waals surface area (Å²) in [5, 5.41) is 12.1. The Bertz CT molecular complexity index is 670. The maximum Gasteiger partial charge on any atom is 0.271 e. The third-order valence-electron chi connectivity index (χ3n) is 2.17. The molecule has 0 radical (unpaired) electrons. The fourth-order valence-corrected chi connectivity index (χ4v) is 1.29. The lowest BCUT2D eigenvalue weighted by Crippen LogP contribution is -2.31. The third kappa shape index (κ3) is 1.73. The van der Waals surface area contributed by atoms with Gasteiger partial charge < -0.3 is 16.2 Å². The Morgan fingerprint density at radius 1 is 1.35 bits per heavy atom. The van der Waals surface area contributed by atoms with Crippen LogP contribution in [0.5, 0.6) is 5.75 Å². The van der Waals surface area contributed by atoms with Crippen LogP contribution in [0.2, 0.25) is 0 Å². The number of pyridine rings is 1. The molecule has 0 spiro atoms. The number of amides is 1. The summed E-state index contributed by atoms with van der Waals surface area (Å²) in [6.07, 6.45) is 1.24. The van der Waals surface area contributed by atoms with E-state index in [1.54, 1.807) is 0 Å². The highest BCUT2D eigenvalue weighted by molar-refractivity contribution is 5.95. The number of anilines is 2. The predicted octanol–water partition coefficient (Wildman–Crippen LogP) is -0.774. The number of nitrogens with one attached hydrogen (secondary N) is 1. The van der Waals surface area contributed by atoms with Crippen molar-refractivity contribution in [3.05, 3.63) is 44.5 Å². The van der Waals surface area contributed by atoms with Gasteiger partial charge in [-0.05, 0) is 6.07 Å². The summed E-state index contributed by atoms with van der Waals surface area (Å²) in [6, 6.07) is 2.44. The lowest BCUT2D eigenvalue weighted by Gasteiger charge is -2.09. The van der Waals surface area contributed by atoms with Crippen LogP contribution in [0.15, 0.2) is 27.9 Å². The van der Waals surface area contributed by atoms with Crippen LogP contribution in [0, 0.1) is 0 Å². The molecule has 1 aromatic heterocycles. The molecule has 0 aliphatic rings. The molecule has 2 aromatic rings. The van der Waals surface area contributed by atoms with Gasteiger partial charge in [-0.15, -0.1) is 0 Å². The van der Waals surface area contributed by atoms with Crippen molar-refractivity contribution in [2.75, 3.05) is 5.32 Å². The van der Waals surface area contributed by atoms with Gasteiger partial charge in [-0.25, -0.2) is 4.98 Å². The van der Waals surface area contributed by atoms with E-state index in [9.17, 15) is 19.5 Å². The third-order valence-corrected chi connectivity index (χ3v) is 2.17. The molecule has 17 heavy (non-hydrogen) atoms. The average molecular weight is 233 g/mol. The lowest BCUT2D eigenvalue weighted by molar-refractivity contribution is 0.0993. The van der Waals surface area contributed by atoms with E-state index in [0.29, 0.717) is 0 Å². The minimum atomic E-state index is -0.892. The summed E-state index contributed by atoms with van der Waals surface area (Å²) in [6.45, 7) is 0. The Kier molecular flexibility index (Phi) is 2.36. The van der Waals surface area contributed by atoms with E-state index in [0.717, 1.165) is 6.07 Å². The maximum absolute atomic E-state index is 11.0. The van der Waals surface area contributed by atoms with E-state index in [-0.39, 0.29) is 17.1 Å². The SMILES string of the molecule is NC(=O)c1nccc(Nc2cc(=O)c2=O)c1O. The quantitative estimate of drug-likeness (QED) is 0.598. The first kappa shape index (κ1) is 10.8. The number of carbonyl (C=O) groups is 1. The van der Waals surface area contributed by atoms with Crippen molar-refractivity contribution in [1.82, 2.24) is 4.98 Å². The number of aromatic hydroxyl groups is 1. The van der Waals surface area contributed by atoms with Crippen LogP contribution in [0.4, 0.5) is 11.4 Å². The molecule has 0 saturated heterocycles. The summed E-state index contributed by atoms with van der Waals surface area (Å²) in [7, 11) is 0. The molecule has 0 atom stereocenters. The van der Waals surface area contributed by atoms with Gasteiger partial charge in [0.05, 0.1) is 11.4 Å². The van der Waals surface area contributed by atoms with Gasteiger partial charge >= 0.3 is 0 Å². The minimum Gasteiger partial charge on any atom is -0.504 e. The van der Waals surface area contributed by atoms with Gasteiger partial charge in [0, 0.05) is 12.3 Å². The highest BCUT2D eigenvalue weighted by Crippen LogP contribution is 2.27. The van der Waals surface area contributed by atoms with E-state index in [1.807, 2.05) is 0 Å². The van der Waals surface area contributed by atoms with Crippen LogP contribution in [0.1, 0.15) is 10.5 Å². The fourth-order valence-electron chi connectivity index (χ4n) is 1.29. The summed E-state index contributed by atoms with van der Waals surface area (Å²) in [5.74, 6) is -1.36. The van der Waals surface area contributed by atoms with E-state index in [2.05, 4.69) is 10.3 Å². The van der Waals surface area contributed by atoms with Crippen LogP contribution >= 0.6 is 0 Å². The smallest absolute Gasteiger partial charge is 0.271 e. The van der Waals surface area contributed by atoms with Crippen molar-refractivity contribution >= 4 is 17.3 Å². The van der Waals surface area contributed by atoms with Gasteiger partial charge in [0.25, 0.3) is 5.91 Å². The van der Waals surface area contributed by atoms with Crippen molar-refractivity contribution < 1.29 is 9.90 Å². The van der Waals surface area contributed by atoms with Gasteiger partial charge in [0.15, 0.2) is 11.4 Å². The molecule has 0 unspecified atom stereocenters. The highest BCUT2D eigenvalue weighted by atomic mass is 16.3. The normalized spacial score (nSPS) is 10.4. The van der Waals surface area contributed by atoms with Gasteiger partial charge in [0.1, 0.15) is 0 Å². The number of hydrogen-bond donors (Lipinski definition) is 3. The molecule has 1 amide bonds. The van der Waals surface area contributed by atoms with Crippen molar-refractivity contribution in [3.63, 3.8) is 0 Å². The van der Waals surface area contributed by atoms with E-state index in [1.165, 1.54) is 12.3 Å². The molecule has 0 bridgehead atoms. The number of carbonyl (C=O) groups excluding carboxylic acids is 1. The molecule has 0 fully saturated rings. The maximum atomic E-state index is 11.0. The molecule has 1 aromatic carbocycles. The summed E-state index contributed by atoms with van der Waals surface area (Å²) in [4.78, 5) is 36.2. The molecule has 2 rings (SSSR count). The van der Waals surface area contributed by atoms with Crippen molar-refractivity contribution in [2.45, 2.75) is 0 Å². The van der Waals surface area contributed by atoms with E-state index in [4.69, 9.17) is 5.73 Å². The zero-order chi connectivity index (χ0) is 12.6. The molecule has 7 nitrogen and oxygen atoms in total. The van der Waals surface area contributed by atoms with E-state index < -0.39 is 22.5 Å². The zero-order valence-electron chi connectivity index (χ0n) is 8.43. The monoisotopic (exact) mass is 233 g/mol. The number of hydrogen-bond acceptors (Lipinski definition) is 6. The lowest BCUT2D eigenvalue weighted by atomic mass is 10.2. The first-order chi connectivity index (χ1) is 8.00. The Morgan fingerprint density at radius 2 is 2.06 bits per heavy atom. The van der Waals surface area contributed by atoms with Crippen LogP contribution < -0.4 is 21.9 Å². The second-order valence-electron chi connectivity index (χ2n) is 3.30. The molecule has 1 heterocycles. The molecular weight excluding hydrogens is 226 g/mol. The van der Waals surface area contributed by atoms with Crippen LogP contribution in [-0.4, -0.2) is 16.0 Å². The van der Waals surface area contributed by atoms with Crippen molar-refractivity contribution in [3.8, 4) is 5.75 Å². The molecule has 0 aliphatic carbocycles. The molecule has 86 valence electrons. The minimum absolute atomic E-state index is 0.0481. The van der Waals surface area contributed by atoms with Crippen LogP contribution in [0.25, 0.3) is 0 Å². The Labute approximate surface area is 94.2 Å². The van der Waals surface area contributed by atoms with Gasteiger partial charge in [-0.1, -0.05) is 0 Å². The molecule has 4 N–H and O–H groups in total. The van der Waals surface area contributed by atoms with Crippen molar-refractivity contribution in [1.29, 1.82) is 0 Å². The fraction of sp³-hybridized carbons (Fsp3) is 0. The highest BCUT2D eigenvalue weighted by Gasteiger charge is 2.16.